The van der Waals surface area contributed by atoms with Gasteiger partial charge in [0.15, 0.2) is 16.6 Å². The van der Waals surface area contributed by atoms with E-state index in [-0.39, 0.29) is 5.04 Å². The first-order valence-corrected chi connectivity index (χ1v) is 32.1. The van der Waals surface area contributed by atoms with Crippen molar-refractivity contribution in [3.63, 3.8) is 0 Å². The molecule has 0 saturated carbocycles. The van der Waals surface area contributed by atoms with E-state index in [9.17, 15) is 0 Å². The third kappa shape index (κ3) is 16.0. The smallest absolute Gasteiger partial charge is 0.241 e. The van der Waals surface area contributed by atoms with E-state index in [2.05, 4.69) is 154 Å². The van der Waals surface area contributed by atoms with Crippen LogP contribution in [0.3, 0.4) is 0 Å². The zero-order valence-electron chi connectivity index (χ0n) is 39.5. The summed E-state index contributed by atoms with van der Waals surface area (Å²) in [6.07, 6.45) is -2.43. The molecule has 4 aromatic rings. The average molecular weight is 903 g/mol. The predicted molar refractivity (Wildman–Crippen MR) is 262 cm³/mol. The quantitative estimate of drug-likeness (QED) is 0.0298. The number of benzene rings is 4. The summed E-state index contributed by atoms with van der Waals surface area (Å²) in [5.41, 5.74) is 1.86. The standard InChI is InChI=1S/C50H74O7SSi3/c1-38(55-59(8,9)10)44(52-35-39-25-19-16-20-26-39)47(56-61(14,15)49(2,3)4)50(5,6)46(54-37-41-31-33-42(51-7)34-32-41)45(53-36-40-27-21-17-22-28-40)48(57-60(11,12)13)58-43-29-23-18-24-30-43/h16-34,44-48H,1,35-37H2,2-15H3. The molecule has 0 heterocycles. The van der Waals surface area contributed by atoms with Gasteiger partial charge >= 0.3 is 0 Å². The van der Waals surface area contributed by atoms with E-state index >= 15 is 0 Å². The molecule has 0 saturated heterocycles. The molecule has 11 heteroatoms. The molecular weight excluding hydrogens is 829 g/mol. The van der Waals surface area contributed by atoms with Gasteiger partial charge in [-0.15, -0.1) is 0 Å². The molecule has 0 aliphatic heterocycles. The normalized spacial score (nSPS) is 15.4. The lowest BCUT2D eigenvalue weighted by molar-refractivity contribution is -0.189. The van der Waals surface area contributed by atoms with Crippen molar-refractivity contribution < 1.29 is 32.2 Å². The van der Waals surface area contributed by atoms with Crippen molar-refractivity contribution in [2.24, 2.45) is 5.41 Å². The molecule has 4 aromatic carbocycles. The first-order chi connectivity index (χ1) is 28.5. The molecule has 0 aromatic heterocycles. The van der Waals surface area contributed by atoms with Crippen LogP contribution in [0, 0.1) is 5.41 Å². The van der Waals surface area contributed by atoms with Crippen LogP contribution in [0.1, 0.15) is 51.3 Å². The summed E-state index contributed by atoms with van der Waals surface area (Å²) in [6, 6.07) is 39.1. The van der Waals surface area contributed by atoms with Gasteiger partial charge in [0.1, 0.15) is 29.2 Å². The van der Waals surface area contributed by atoms with Crippen LogP contribution in [0.4, 0.5) is 0 Å². The van der Waals surface area contributed by atoms with Crippen molar-refractivity contribution in [2.75, 3.05) is 7.11 Å². The summed E-state index contributed by atoms with van der Waals surface area (Å²) >= 11 is 1.68. The molecule has 61 heavy (non-hydrogen) atoms. The van der Waals surface area contributed by atoms with Crippen molar-refractivity contribution >= 4 is 36.7 Å². The monoisotopic (exact) mass is 902 g/mol. The first-order valence-electron chi connectivity index (χ1n) is 21.5. The number of hydrogen-bond acceptors (Lipinski definition) is 8. The van der Waals surface area contributed by atoms with E-state index in [0.29, 0.717) is 25.6 Å². The van der Waals surface area contributed by atoms with E-state index in [1.165, 1.54) is 0 Å². The Morgan fingerprint density at radius 2 is 1.05 bits per heavy atom. The lowest BCUT2D eigenvalue weighted by Crippen LogP contribution is -2.61. The second-order valence-corrected chi connectivity index (χ2v) is 34.7. The van der Waals surface area contributed by atoms with Crippen molar-refractivity contribution in [3.05, 3.63) is 144 Å². The Morgan fingerprint density at radius 1 is 0.574 bits per heavy atom. The highest BCUT2D eigenvalue weighted by Crippen LogP contribution is 2.47. The van der Waals surface area contributed by atoms with Gasteiger partial charge in [-0.2, -0.15) is 0 Å². The number of rotatable bonds is 24. The molecule has 7 nitrogen and oxygen atoms in total. The van der Waals surface area contributed by atoms with E-state index in [1.54, 1.807) is 18.9 Å². The fourth-order valence-electron chi connectivity index (χ4n) is 6.68. The largest absolute Gasteiger partial charge is 0.546 e. The van der Waals surface area contributed by atoms with Crippen LogP contribution in [-0.2, 0) is 47.3 Å². The summed E-state index contributed by atoms with van der Waals surface area (Å²) in [6.45, 7) is 34.7. The highest BCUT2D eigenvalue weighted by Gasteiger charge is 2.54. The Morgan fingerprint density at radius 3 is 1.52 bits per heavy atom. The first kappa shape index (κ1) is 50.7. The highest BCUT2D eigenvalue weighted by molar-refractivity contribution is 7.99. The SMILES string of the molecule is C=C(O[Si](C)(C)C)C(OCc1ccccc1)C(O[Si](C)(C)C(C)(C)C)C(C)(C)C(OCc1ccc(OC)cc1)C(OCc1ccccc1)C(O[Si](C)(C)C)Sc1ccccc1. The third-order valence-electron chi connectivity index (χ3n) is 10.9. The topological polar surface area (TPSA) is 64.6 Å². The van der Waals surface area contributed by atoms with Crippen LogP contribution in [0.5, 0.6) is 5.75 Å². The molecule has 0 bridgehead atoms. The van der Waals surface area contributed by atoms with Crippen LogP contribution < -0.4 is 4.74 Å². The van der Waals surface area contributed by atoms with E-state index in [0.717, 1.165) is 27.3 Å². The van der Waals surface area contributed by atoms with Crippen molar-refractivity contribution in [1.82, 2.24) is 0 Å². The van der Waals surface area contributed by atoms with E-state index in [1.807, 2.05) is 54.6 Å². The van der Waals surface area contributed by atoms with Crippen LogP contribution in [0.25, 0.3) is 0 Å². The second-order valence-electron chi connectivity index (χ2n) is 19.9. The summed E-state index contributed by atoms with van der Waals surface area (Å²) in [5, 5.41) is -0.123. The molecule has 334 valence electrons. The molecule has 0 radical (unpaired) electrons. The minimum absolute atomic E-state index is 0.123. The number of methoxy groups -OCH3 is 1. The predicted octanol–water partition coefficient (Wildman–Crippen LogP) is 13.5. The second kappa shape index (κ2) is 22.1. The van der Waals surface area contributed by atoms with Crippen molar-refractivity contribution in [2.45, 2.75) is 147 Å². The Labute approximate surface area is 376 Å². The molecule has 5 atom stereocenters. The minimum Gasteiger partial charge on any atom is -0.546 e. The zero-order chi connectivity index (χ0) is 45.1. The maximum atomic E-state index is 7.73. The summed E-state index contributed by atoms with van der Waals surface area (Å²) in [4.78, 5) is 1.08. The zero-order valence-corrected chi connectivity index (χ0v) is 43.3. The van der Waals surface area contributed by atoms with Gasteiger partial charge in [0.25, 0.3) is 0 Å². The lowest BCUT2D eigenvalue weighted by atomic mass is 9.75. The summed E-state index contributed by atoms with van der Waals surface area (Å²) in [5.74, 6) is 1.35. The Bertz CT molecular complexity index is 1890. The Hall–Kier alpha value is -2.98. The molecule has 0 aliphatic carbocycles. The molecule has 0 N–H and O–H groups in total. The molecule has 4 rings (SSSR count). The van der Waals surface area contributed by atoms with E-state index < -0.39 is 60.2 Å². The molecule has 0 fully saturated rings. The van der Waals surface area contributed by atoms with Gasteiger partial charge in [-0.1, -0.05) is 144 Å². The van der Waals surface area contributed by atoms with E-state index in [4.69, 9.17) is 32.2 Å². The van der Waals surface area contributed by atoms with Gasteiger partial charge in [-0.3, -0.25) is 0 Å². The molecule has 0 aliphatic rings. The fourth-order valence-corrected chi connectivity index (χ4v) is 11.8. The third-order valence-corrected chi connectivity index (χ3v) is 18.5. The maximum absolute atomic E-state index is 7.73. The van der Waals surface area contributed by atoms with Crippen LogP contribution in [0.15, 0.2) is 132 Å². The lowest BCUT2D eigenvalue weighted by Gasteiger charge is -2.51. The number of ether oxygens (including phenoxy) is 4. The molecule has 5 unspecified atom stereocenters. The van der Waals surface area contributed by atoms with Crippen molar-refractivity contribution in [3.8, 4) is 5.75 Å². The Kier molecular flexibility index (Phi) is 18.3. The maximum Gasteiger partial charge on any atom is 0.241 e. The van der Waals surface area contributed by atoms with Gasteiger partial charge in [-0.05, 0) is 98.4 Å². The summed E-state index contributed by atoms with van der Waals surface area (Å²) in [7, 11) is -5.21. The van der Waals surface area contributed by atoms with Gasteiger partial charge in [0, 0.05) is 10.3 Å². The number of hydrogen-bond donors (Lipinski definition) is 0. The minimum atomic E-state index is -2.53. The highest BCUT2D eigenvalue weighted by atomic mass is 32.2. The van der Waals surface area contributed by atoms with Crippen LogP contribution >= 0.6 is 11.8 Å². The molecule has 0 amide bonds. The van der Waals surface area contributed by atoms with Gasteiger partial charge in [-0.25, -0.2) is 0 Å². The average Bonchev–Trinajstić information content (AvgIpc) is 3.18. The van der Waals surface area contributed by atoms with Crippen LogP contribution in [0.2, 0.25) is 57.4 Å². The molecule has 0 spiro atoms. The Balaban J connectivity index is 1.99. The van der Waals surface area contributed by atoms with Crippen molar-refractivity contribution in [1.29, 1.82) is 0 Å². The van der Waals surface area contributed by atoms with Gasteiger partial charge < -0.3 is 32.2 Å². The van der Waals surface area contributed by atoms with Crippen LogP contribution in [-0.4, -0.2) is 61.9 Å². The number of thioether (sulfide) groups is 1. The van der Waals surface area contributed by atoms with Gasteiger partial charge in [0.05, 0.1) is 39.1 Å². The van der Waals surface area contributed by atoms with Gasteiger partial charge in [0.2, 0.25) is 8.32 Å². The molecular formula is C50H74O7SSi3. The summed E-state index contributed by atoms with van der Waals surface area (Å²) < 4.78 is 49.1. The fraction of sp³-hybridized carbons (Fsp3) is 0.480.